The summed E-state index contributed by atoms with van der Waals surface area (Å²) >= 11 is 0. The summed E-state index contributed by atoms with van der Waals surface area (Å²) in [7, 11) is 0. The third kappa shape index (κ3) is 2.58. The van der Waals surface area contributed by atoms with Gasteiger partial charge < -0.3 is 15.7 Å². The van der Waals surface area contributed by atoms with Gasteiger partial charge in [-0.15, -0.1) is 0 Å². The van der Waals surface area contributed by atoms with Crippen molar-refractivity contribution in [1.82, 2.24) is 0 Å². The maximum absolute atomic E-state index is 10.9. The molecule has 1 fully saturated rings. The van der Waals surface area contributed by atoms with E-state index in [1.807, 2.05) is 6.07 Å². The second-order valence-electron chi connectivity index (χ2n) is 4.91. The third-order valence-electron chi connectivity index (χ3n) is 3.72. The van der Waals surface area contributed by atoms with Crippen molar-refractivity contribution in [3.8, 4) is 0 Å². The quantitative estimate of drug-likeness (QED) is 0.786. The molecule has 0 unspecified atom stereocenters. The summed E-state index contributed by atoms with van der Waals surface area (Å²) in [6, 6.07) is 5.21. The standard InChI is InChI=1S/C14H20N2O2/c1-2-16(9-10-4-3-5-10)11-6-7-12(14(17)18)13(15)8-11/h6-8,10H,2-5,9,15H2,1H3,(H,17,18). The SMILES string of the molecule is CCN(CC1CCC1)c1ccc(C(=O)O)c(N)c1. The molecule has 0 heterocycles. The summed E-state index contributed by atoms with van der Waals surface area (Å²) in [5.41, 5.74) is 7.32. The number of hydrogen-bond acceptors (Lipinski definition) is 3. The molecule has 1 aliphatic rings. The number of benzene rings is 1. The number of carboxylic acids is 1. The molecule has 0 bridgehead atoms. The predicted octanol–water partition coefficient (Wildman–Crippen LogP) is 2.59. The molecular formula is C14H20N2O2. The Kier molecular flexibility index (Phi) is 3.75. The molecule has 2 rings (SSSR count). The van der Waals surface area contributed by atoms with Crippen LogP contribution in [0.2, 0.25) is 0 Å². The molecule has 3 N–H and O–H groups in total. The Morgan fingerprint density at radius 3 is 2.67 bits per heavy atom. The molecule has 1 saturated carbocycles. The fraction of sp³-hybridized carbons (Fsp3) is 0.500. The maximum atomic E-state index is 10.9. The zero-order valence-corrected chi connectivity index (χ0v) is 10.7. The summed E-state index contributed by atoms with van der Waals surface area (Å²) in [5, 5.41) is 8.95. The Balaban J connectivity index is 2.14. The number of aromatic carboxylic acids is 1. The van der Waals surface area contributed by atoms with Crippen LogP contribution in [-0.4, -0.2) is 24.2 Å². The van der Waals surface area contributed by atoms with Crippen molar-refractivity contribution in [2.75, 3.05) is 23.7 Å². The Morgan fingerprint density at radius 1 is 1.50 bits per heavy atom. The lowest BCUT2D eigenvalue weighted by atomic mass is 9.85. The molecule has 1 aromatic rings. The van der Waals surface area contributed by atoms with Crippen LogP contribution < -0.4 is 10.6 Å². The molecule has 1 aromatic carbocycles. The lowest BCUT2D eigenvalue weighted by molar-refractivity contribution is 0.0698. The molecule has 0 aromatic heterocycles. The second-order valence-corrected chi connectivity index (χ2v) is 4.91. The van der Waals surface area contributed by atoms with Crippen molar-refractivity contribution >= 4 is 17.3 Å². The number of nitrogens with two attached hydrogens (primary N) is 1. The van der Waals surface area contributed by atoms with Gasteiger partial charge in [0.2, 0.25) is 0 Å². The summed E-state index contributed by atoms with van der Waals surface area (Å²) in [4.78, 5) is 13.2. The van der Waals surface area contributed by atoms with Gasteiger partial charge >= 0.3 is 5.97 Å². The largest absolute Gasteiger partial charge is 0.478 e. The van der Waals surface area contributed by atoms with Crippen LogP contribution in [0.1, 0.15) is 36.5 Å². The van der Waals surface area contributed by atoms with Crippen LogP contribution >= 0.6 is 0 Å². The van der Waals surface area contributed by atoms with E-state index in [4.69, 9.17) is 10.8 Å². The number of carbonyl (C=O) groups is 1. The van der Waals surface area contributed by atoms with Crippen molar-refractivity contribution in [3.63, 3.8) is 0 Å². The molecule has 4 heteroatoms. The van der Waals surface area contributed by atoms with E-state index in [-0.39, 0.29) is 5.56 Å². The Hall–Kier alpha value is -1.71. The molecule has 0 atom stereocenters. The van der Waals surface area contributed by atoms with Crippen molar-refractivity contribution in [2.45, 2.75) is 26.2 Å². The molecular weight excluding hydrogens is 228 g/mol. The summed E-state index contributed by atoms with van der Waals surface area (Å²) < 4.78 is 0. The fourth-order valence-corrected chi connectivity index (χ4v) is 2.35. The zero-order valence-electron chi connectivity index (χ0n) is 10.7. The van der Waals surface area contributed by atoms with Crippen molar-refractivity contribution in [1.29, 1.82) is 0 Å². The van der Waals surface area contributed by atoms with Crippen LogP contribution in [0.15, 0.2) is 18.2 Å². The number of carboxylic acid groups (broad SMARTS) is 1. The number of anilines is 2. The highest BCUT2D eigenvalue weighted by molar-refractivity contribution is 5.94. The molecule has 0 aliphatic heterocycles. The molecule has 4 nitrogen and oxygen atoms in total. The van der Waals surface area contributed by atoms with Crippen LogP contribution in [-0.2, 0) is 0 Å². The monoisotopic (exact) mass is 248 g/mol. The van der Waals surface area contributed by atoms with Gasteiger partial charge in [0.05, 0.1) is 5.56 Å². The smallest absolute Gasteiger partial charge is 0.337 e. The molecule has 0 spiro atoms. The number of nitrogens with zero attached hydrogens (tertiary/aromatic N) is 1. The predicted molar refractivity (Wildman–Crippen MR) is 73.0 cm³/mol. The van der Waals surface area contributed by atoms with Gasteiger partial charge in [0, 0.05) is 24.5 Å². The topological polar surface area (TPSA) is 66.6 Å². The lowest BCUT2D eigenvalue weighted by Gasteiger charge is -2.33. The van der Waals surface area contributed by atoms with Crippen LogP contribution in [0.5, 0.6) is 0 Å². The van der Waals surface area contributed by atoms with Crippen molar-refractivity contribution in [2.24, 2.45) is 5.92 Å². The minimum absolute atomic E-state index is 0.179. The van der Waals surface area contributed by atoms with Crippen LogP contribution in [0.3, 0.4) is 0 Å². The van der Waals surface area contributed by atoms with Crippen LogP contribution in [0.25, 0.3) is 0 Å². The van der Waals surface area contributed by atoms with Crippen LogP contribution in [0.4, 0.5) is 11.4 Å². The van der Waals surface area contributed by atoms with Crippen molar-refractivity contribution in [3.05, 3.63) is 23.8 Å². The molecule has 0 amide bonds. The minimum Gasteiger partial charge on any atom is -0.478 e. The van der Waals surface area contributed by atoms with E-state index in [1.165, 1.54) is 19.3 Å². The van der Waals surface area contributed by atoms with Gasteiger partial charge in [-0.05, 0) is 43.9 Å². The highest BCUT2D eigenvalue weighted by atomic mass is 16.4. The van der Waals surface area contributed by atoms with Gasteiger partial charge in [0.1, 0.15) is 0 Å². The Labute approximate surface area is 107 Å². The maximum Gasteiger partial charge on any atom is 0.337 e. The fourth-order valence-electron chi connectivity index (χ4n) is 2.35. The van der Waals surface area contributed by atoms with Gasteiger partial charge in [0.15, 0.2) is 0 Å². The molecule has 1 aliphatic carbocycles. The molecule has 98 valence electrons. The second kappa shape index (κ2) is 5.29. The van der Waals surface area contributed by atoms with E-state index >= 15 is 0 Å². The lowest BCUT2D eigenvalue weighted by Crippen LogP contribution is -2.32. The van der Waals surface area contributed by atoms with Crippen molar-refractivity contribution < 1.29 is 9.90 Å². The number of rotatable bonds is 5. The summed E-state index contributed by atoms with van der Waals surface area (Å²) in [6.07, 6.45) is 3.95. The number of nitrogen functional groups attached to an aromatic ring is 1. The Bertz CT molecular complexity index is 441. The van der Waals surface area contributed by atoms with E-state index in [0.29, 0.717) is 5.69 Å². The van der Waals surface area contributed by atoms with E-state index in [0.717, 1.165) is 24.7 Å². The van der Waals surface area contributed by atoms with Gasteiger partial charge in [-0.3, -0.25) is 0 Å². The van der Waals surface area contributed by atoms with Gasteiger partial charge in [-0.25, -0.2) is 4.79 Å². The summed E-state index contributed by atoms with van der Waals surface area (Å²) in [5.74, 6) is -0.189. The van der Waals surface area contributed by atoms with Crippen LogP contribution in [0, 0.1) is 5.92 Å². The average Bonchev–Trinajstić information content (AvgIpc) is 2.27. The average molecular weight is 248 g/mol. The summed E-state index contributed by atoms with van der Waals surface area (Å²) in [6.45, 7) is 4.07. The molecule has 0 saturated heterocycles. The minimum atomic E-state index is -0.971. The normalized spacial score (nSPS) is 15.2. The first-order chi connectivity index (χ1) is 8.61. The van der Waals surface area contributed by atoms with E-state index in [9.17, 15) is 4.79 Å². The molecule has 0 radical (unpaired) electrons. The first-order valence-corrected chi connectivity index (χ1v) is 6.49. The van der Waals surface area contributed by atoms with Gasteiger partial charge in [0.25, 0.3) is 0 Å². The third-order valence-corrected chi connectivity index (χ3v) is 3.72. The van der Waals surface area contributed by atoms with E-state index in [1.54, 1.807) is 12.1 Å². The van der Waals surface area contributed by atoms with Gasteiger partial charge in [-0.2, -0.15) is 0 Å². The highest BCUT2D eigenvalue weighted by Gasteiger charge is 2.20. The van der Waals surface area contributed by atoms with E-state index < -0.39 is 5.97 Å². The molecule has 18 heavy (non-hydrogen) atoms. The number of hydrogen-bond donors (Lipinski definition) is 2. The van der Waals surface area contributed by atoms with Gasteiger partial charge in [-0.1, -0.05) is 6.42 Å². The first kappa shape index (κ1) is 12.7. The highest BCUT2D eigenvalue weighted by Crippen LogP contribution is 2.30. The zero-order chi connectivity index (χ0) is 13.1. The van der Waals surface area contributed by atoms with E-state index in [2.05, 4.69) is 11.8 Å². The first-order valence-electron chi connectivity index (χ1n) is 6.49. The Morgan fingerprint density at radius 2 is 2.22 bits per heavy atom.